The highest BCUT2D eigenvalue weighted by Gasteiger charge is 2.36. The molecule has 0 aliphatic rings. The number of nitrogens with one attached hydrogen (secondary N) is 1. The monoisotopic (exact) mass is 611 g/mol. The van der Waals surface area contributed by atoms with Gasteiger partial charge in [-0.3, -0.25) is 4.79 Å². The van der Waals surface area contributed by atoms with E-state index in [4.69, 9.17) is 25.8 Å². The molecule has 0 aliphatic heterocycles. The number of ether oxygens (including phenoxy) is 3. The van der Waals surface area contributed by atoms with E-state index in [2.05, 4.69) is 35.6 Å². The number of benzene rings is 3. The van der Waals surface area contributed by atoms with Gasteiger partial charge in [0.1, 0.15) is 6.61 Å². The van der Waals surface area contributed by atoms with Gasteiger partial charge in [-0.1, -0.05) is 79.0 Å². The van der Waals surface area contributed by atoms with Crippen molar-refractivity contribution >= 4 is 40.2 Å². The number of unbranched alkanes of at least 4 members (excludes halogenated alkanes) is 4. The maximum Gasteiger partial charge on any atom is 0.336 e. The van der Waals surface area contributed by atoms with Gasteiger partial charge in [0, 0.05) is 18.2 Å². The zero-order valence-electron chi connectivity index (χ0n) is 24.8. The van der Waals surface area contributed by atoms with E-state index in [0.29, 0.717) is 18.0 Å². The molecule has 0 fully saturated rings. The van der Waals surface area contributed by atoms with Gasteiger partial charge in [0.05, 0.1) is 6.61 Å². The first-order valence-corrected chi connectivity index (χ1v) is 15.4. The van der Waals surface area contributed by atoms with Gasteiger partial charge in [0.2, 0.25) is 0 Å². The average molecular weight is 612 g/mol. The van der Waals surface area contributed by atoms with Gasteiger partial charge in [0.15, 0.2) is 12.2 Å². The van der Waals surface area contributed by atoms with E-state index in [9.17, 15) is 19.5 Å². The number of rotatable bonds is 20. The SMILES string of the molecule is CCOC(=O)COC(C(=O)O)C(OCCCCCc1ccc(Cl)cc1)C(=O)NCCCCCc1ccc2ccccc2c1. The van der Waals surface area contributed by atoms with Crippen molar-refractivity contribution in [3.63, 3.8) is 0 Å². The largest absolute Gasteiger partial charge is 0.479 e. The van der Waals surface area contributed by atoms with Crippen molar-refractivity contribution in [3.05, 3.63) is 82.9 Å². The third-order valence-corrected chi connectivity index (χ3v) is 7.29. The average Bonchev–Trinajstić information content (AvgIpc) is 3.00. The lowest BCUT2D eigenvalue weighted by Crippen LogP contribution is -2.49. The van der Waals surface area contributed by atoms with Crippen LogP contribution < -0.4 is 5.32 Å². The van der Waals surface area contributed by atoms with Crippen LogP contribution in [0.4, 0.5) is 0 Å². The molecule has 9 heteroatoms. The molecule has 232 valence electrons. The van der Waals surface area contributed by atoms with E-state index < -0.39 is 36.7 Å². The topological polar surface area (TPSA) is 111 Å². The summed E-state index contributed by atoms with van der Waals surface area (Å²) in [4.78, 5) is 36.9. The molecule has 3 aromatic rings. The van der Waals surface area contributed by atoms with Gasteiger partial charge in [-0.2, -0.15) is 0 Å². The molecule has 0 radical (unpaired) electrons. The summed E-state index contributed by atoms with van der Waals surface area (Å²) >= 11 is 5.94. The number of carboxylic acid groups (broad SMARTS) is 1. The van der Waals surface area contributed by atoms with Gasteiger partial charge < -0.3 is 24.6 Å². The lowest BCUT2D eigenvalue weighted by molar-refractivity contribution is -0.174. The Hall–Kier alpha value is -3.46. The molecule has 2 unspecified atom stereocenters. The predicted molar refractivity (Wildman–Crippen MR) is 167 cm³/mol. The quantitative estimate of drug-likeness (QED) is 0.116. The second-order valence-electron chi connectivity index (χ2n) is 10.4. The summed E-state index contributed by atoms with van der Waals surface area (Å²) in [6.07, 6.45) is 3.73. The summed E-state index contributed by atoms with van der Waals surface area (Å²) in [6, 6.07) is 22.4. The third-order valence-electron chi connectivity index (χ3n) is 7.04. The summed E-state index contributed by atoms with van der Waals surface area (Å²) in [5, 5.41) is 15.7. The second kappa shape index (κ2) is 18.9. The highest BCUT2D eigenvalue weighted by atomic mass is 35.5. The first kappa shape index (κ1) is 34.0. The molecule has 1 amide bonds. The van der Waals surface area contributed by atoms with E-state index in [1.54, 1.807) is 6.92 Å². The Balaban J connectivity index is 1.45. The van der Waals surface area contributed by atoms with E-state index in [-0.39, 0.29) is 13.2 Å². The molecule has 3 aromatic carbocycles. The van der Waals surface area contributed by atoms with Crippen molar-refractivity contribution in [2.75, 3.05) is 26.4 Å². The van der Waals surface area contributed by atoms with Crippen LogP contribution >= 0.6 is 11.6 Å². The lowest BCUT2D eigenvalue weighted by atomic mass is 10.0. The Kier molecular flexibility index (Phi) is 15.0. The van der Waals surface area contributed by atoms with E-state index in [1.165, 1.54) is 21.9 Å². The number of carboxylic acids is 1. The predicted octanol–water partition coefficient (Wildman–Crippen LogP) is 6.15. The Labute approximate surface area is 258 Å². The fraction of sp³-hybridized carbons (Fsp3) is 0.441. The minimum Gasteiger partial charge on any atom is -0.479 e. The summed E-state index contributed by atoms with van der Waals surface area (Å²) in [5.74, 6) is -2.67. The molecule has 0 heterocycles. The van der Waals surface area contributed by atoms with E-state index in [0.717, 1.165) is 44.9 Å². The van der Waals surface area contributed by atoms with Crippen LogP contribution in [-0.4, -0.2) is 61.5 Å². The van der Waals surface area contributed by atoms with E-state index >= 15 is 0 Å². The van der Waals surface area contributed by atoms with Crippen LogP contribution in [0.1, 0.15) is 56.6 Å². The lowest BCUT2D eigenvalue weighted by Gasteiger charge is -2.23. The maximum absolute atomic E-state index is 13.1. The number of aliphatic carboxylic acids is 1. The molecule has 0 spiro atoms. The first-order chi connectivity index (χ1) is 20.9. The Morgan fingerprint density at radius 3 is 2.19 bits per heavy atom. The summed E-state index contributed by atoms with van der Waals surface area (Å²) in [5.41, 5.74) is 2.45. The molecule has 0 bridgehead atoms. The number of halogens is 1. The van der Waals surface area contributed by atoms with E-state index in [1.807, 2.05) is 36.4 Å². The van der Waals surface area contributed by atoms with Crippen molar-refractivity contribution in [1.29, 1.82) is 0 Å². The summed E-state index contributed by atoms with van der Waals surface area (Å²) in [7, 11) is 0. The molecule has 0 aliphatic carbocycles. The number of aryl methyl sites for hydroxylation is 2. The number of esters is 1. The van der Waals surface area contributed by atoms with Gasteiger partial charge in [-0.15, -0.1) is 0 Å². The van der Waals surface area contributed by atoms with Crippen LogP contribution in [0.2, 0.25) is 5.02 Å². The molecule has 0 saturated heterocycles. The summed E-state index contributed by atoms with van der Waals surface area (Å²) in [6.45, 7) is 1.74. The molecule has 0 saturated carbocycles. The minimum atomic E-state index is -1.65. The zero-order valence-corrected chi connectivity index (χ0v) is 25.5. The fourth-order valence-corrected chi connectivity index (χ4v) is 4.88. The van der Waals surface area contributed by atoms with Gasteiger partial charge in [-0.25, -0.2) is 9.59 Å². The van der Waals surface area contributed by atoms with Crippen LogP contribution in [0, 0.1) is 0 Å². The zero-order chi connectivity index (χ0) is 30.9. The standard InChI is InChI=1S/C34H42ClNO7/c1-2-41-30(37)24-43-32(34(39)40)31(42-22-10-4-6-11-25-16-19-29(35)20-17-25)33(38)36-21-9-3-5-12-26-15-18-27-13-7-8-14-28(27)23-26/h7-8,13-20,23,31-32H,2-6,9-12,21-22,24H2,1H3,(H,36,38)(H,39,40). The fourth-order valence-electron chi connectivity index (χ4n) is 4.76. The normalized spacial score (nSPS) is 12.5. The third kappa shape index (κ3) is 12.4. The first-order valence-electron chi connectivity index (χ1n) is 15.0. The van der Waals surface area contributed by atoms with Crippen molar-refractivity contribution < 1.29 is 33.7 Å². The molecule has 2 N–H and O–H groups in total. The molecule has 43 heavy (non-hydrogen) atoms. The highest BCUT2D eigenvalue weighted by molar-refractivity contribution is 6.30. The van der Waals surface area contributed by atoms with Crippen LogP contribution in [0.15, 0.2) is 66.7 Å². The number of hydrogen-bond donors (Lipinski definition) is 2. The number of carbonyl (C=O) groups is 3. The Morgan fingerprint density at radius 2 is 1.47 bits per heavy atom. The minimum absolute atomic E-state index is 0.136. The van der Waals surface area contributed by atoms with Gasteiger partial charge in [-0.05, 0) is 79.5 Å². The molecule has 3 rings (SSSR count). The highest BCUT2D eigenvalue weighted by Crippen LogP contribution is 2.17. The van der Waals surface area contributed by atoms with Crippen LogP contribution in [-0.2, 0) is 41.4 Å². The van der Waals surface area contributed by atoms with Crippen molar-refractivity contribution in [2.45, 2.75) is 70.5 Å². The Morgan fingerprint density at radius 1 is 0.791 bits per heavy atom. The van der Waals surface area contributed by atoms with Crippen LogP contribution in [0.25, 0.3) is 10.8 Å². The van der Waals surface area contributed by atoms with Crippen molar-refractivity contribution in [3.8, 4) is 0 Å². The summed E-state index contributed by atoms with van der Waals surface area (Å²) < 4.78 is 15.9. The molecule has 8 nitrogen and oxygen atoms in total. The number of carbonyl (C=O) groups excluding carboxylic acids is 2. The van der Waals surface area contributed by atoms with Gasteiger partial charge >= 0.3 is 11.9 Å². The van der Waals surface area contributed by atoms with Crippen LogP contribution in [0.5, 0.6) is 0 Å². The molecular formula is C34H42ClNO7. The second-order valence-corrected chi connectivity index (χ2v) is 10.8. The number of hydrogen-bond acceptors (Lipinski definition) is 6. The van der Waals surface area contributed by atoms with Crippen molar-refractivity contribution in [2.24, 2.45) is 0 Å². The van der Waals surface area contributed by atoms with Gasteiger partial charge in [0.25, 0.3) is 5.91 Å². The van der Waals surface area contributed by atoms with Crippen molar-refractivity contribution in [1.82, 2.24) is 5.32 Å². The number of fused-ring (bicyclic) bond motifs is 1. The molecule has 2 atom stereocenters. The molecule has 0 aromatic heterocycles. The smallest absolute Gasteiger partial charge is 0.336 e. The Bertz CT molecular complexity index is 1300. The molecular weight excluding hydrogens is 570 g/mol. The van der Waals surface area contributed by atoms with Crippen LogP contribution in [0.3, 0.4) is 0 Å². The number of amides is 1. The maximum atomic E-state index is 13.1.